The number of nitrogens with zero attached hydrogens (tertiary/aromatic N) is 2. The van der Waals surface area contributed by atoms with Gasteiger partial charge in [-0.25, -0.2) is 0 Å². The van der Waals surface area contributed by atoms with Crippen molar-refractivity contribution in [1.29, 1.82) is 0 Å². The van der Waals surface area contributed by atoms with Crippen LogP contribution in [-0.2, 0) is 13.0 Å². The number of halogens is 1. The van der Waals surface area contributed by atoms with Gasteiger partial charge >= 0.3 is 0 Å². The van der Waals surface area contributed by atoms with Crippen LogP contribution in [0.25, 0.3) is 0 Å². The summed E-state index contributed by atoms with van der Waals surface area (Å²) in [6, 6.07) is 0. The Kier molecular flexibility index (Phi) is 5.12. The van der Waals surface area contributed by atoms with E-state index in [1.165, 1.54) is 5.69 Å². The molecule has 4 heteroatoms. The smallest absolute Gasteiger partial charge is 0.0847 e. The Hall–Kier alpha value is -0.540. The first-order valence-electron chi connectivity index (χ1n) is 5.63. The summed E-state index contributed by atoms with van der Waals surface area (Å²) in [5.41, 5.74) is 2.12. The van der Waals surface area contributed by atoms with E-state index in [2.05, 4.69) is 24.3 Å². The number of aryl methyl sites for hydroxylation is 2. The molecule has 0 bridgehead atoms. The quantitative estimate of drug-likeness (QED) is 0.760. The van der Waals surface area contributed by atoms with Crippen LogP contribution < -0.4 is 5.32 Å². The molecule has 15 heavy (non-hydrogen) atoms. The van der Waals surface area contributed by atoms with Gasteiger partial charge in [-0.1, -0.05) is 18.5 Å². The van der Waals surface area contributed by atoms with Crippen molar-refractivity contribution >= 4 is 11.6 Å². The largest absolute Gasteiger partial charge is 0.317 e. The number of hydrogen-bond acceptors (Lipinski definition) is 2. The topological polar surface area (TPSA) is 29.9 Å². The number of nitrogens with one attached hydrogen (secondary N) is 1. The van der Waals surface area contributed by atoms with Gasteiger partial charge in [-0.15, -0.1) is 0 Å². The number of hydrogen-bond donors (Lipinski definition) is 1. The zero-order valence-corrected chi connectivity index (χ0v) is 10.6. The highest BCUT2D eigenvalue weighted by Gasteiger charge is 2.11. The van der Waals surface area contributed by atoms with Crippen LogP contribution in [0.1, 0.15) is 31.7 Å². The van der Waals surface area contributed by atoms with Crippen LogP contribution in [0.15, 0.2) is 0 Å². The van der Waals surface area contributed by atoms with E-state index in [4.69, 9.17) is 11.6 Å². The van der Waals surface area contributed by atoms with Crippen LogP contribution in [0.2, 0.25) is 5.02 Å². The van der Waals surface area contributed by atoms with Gasteiger partial charge in [-0.3, -0.25) is 4.68 Å². The molecule has 0 aliphatic carbocycles. The third-order valence-corrected chi connectivity index (χ3v) is 2.96. The van der Waals surface area contributed by atoms with E-state index in [0.717, 1.165) is 43.2 Å². The molecule has 1 aromatic rings. The molecule has 0 radical (unpaired) electrons. The van der Waals surface area contributed by atoms with Crippen molar-refractivity contribution < 1.29 is 0 Å². The third kappa shape index (κ3) is 3.21. The highest BCUT2D eigenvalue weighted by molar-refractivity contribution is 6.31. The van der Waals surface area contributed by atoms with Crippen LogP contribution in [0, 0.1) is 6.92 Å². The van der Waals surface area contributed by atoms with Gasteiger partial charge in [-0.05, 0) is 39.8 Å². The van der Waals surface area contributed by atoms with Crippen molar-refractivity contribution in [2.75, 3.05) is 13.1 Å². The minimum Gasteiger partial charge on any atom is -0.317 e. The molecule has 0 spiro atoms. The molecule has 0 fully saturated rings. The van der Waals surface area contributed by atoms with Gasteiger partial charge in [0.15, 0.2) is 0 Å². The Morgan fingerprint density at radius 1 is 1.40 bits per heavy atom. The van der Waals surface area contributed by atoms with Crippen molar-refractivity contribution in [2.45, 2.75) is 40.2 Å². The lowest BCUT2D eigenvalue weighted by molar-refractivity contribution is 0.593. The van der Waals surface area contributed by atoms with E-state index in [1.807, 2.05) is 11.6 Å². The fourth-order valence-electron chi connectivity index (χ4n) is 1.67. The maximum atomic E-state index is 6.20. The molecule has 0 aliphatic rings. The predicted molar refractivity (Wildman–Crippen MR) is 64.5 cm³/mol. The highest BCUT2D eigenvalue weighted by Crippen LogP contribution is 2.21. The van der Waals surface area contributed by atoms with E-state index in [0.29, 0.717) is 0 Å². The Labute approximate surface area is 96.8 Å². The fraction of sp³-hybridized carbons (Fsp3) is 0.727. The minimum absolute atomic E-state index is 0.841. The average molecular weight is 230 g/mol. The Morgan fingerprint density at radius 3 is 2.73 bits per heavy atom. The summed E-state index contributed by atoms with van der Waals surface area (Å²) in [6.45, 7) is 9.14. The van der Waals surface area contributed by atoms with Gasteiger partial charge in [0.05, 0.1) is 16.4 Å². The van der Waals surface area contributed by atoms with Gasteiger partial charge in [0.25, 0.3) is 0 Å². The van der Waals surface area contributed by atoms with Crippen molar-refractivity contribution in [3.05, 3.63) is 16.4 Å². The molecule has 86 valence electrons. The van der Waals surface area contributed by atoms with Gasteiger partial charge in [0.1, 0.15) is 0 Å². The second-order valence-corrected chi connectivity index (χ2v) is 4.00. The number of rotatable bonds is 6. The molecule has 0 saturated heterocycles. The SMILES string of the molecule is CCNCCCc1c(Cl)c(C)nn1CC. The molecule has 3 nitrogen and oxygen atoms in total. The summed E-state index contributed by atoms with van der Waals surface area (Å²) in [5, 5.41) is 8.54. The molecule has 0 aromatic carbocycles. The summed E-state index contributed by atoms with van der Waals surface area (Å²) in [4.78, 5) is 0. The van der Waals surface area contributed by atoms with Crippen LogP contribution in [0.4, 0.5) is 0 Å². The Morgan fingerprint density at radius 2 is 2.13 bits per heavy atom. The summed E-state index contributed by atoms with van der Waals surface area (Å²) in [6.07, 6.45) is 2.11. The summed E-state index contributed by atoms with van der Waals surface area (Å²) in [7, 11) is 0. The lowest BCUT2D eigenvalue weighted by atomic mass is 10.2. The maximum Gasteiger partial charge on any atom is 0.0847 e. The molecule has 0 saturated carbocycles. The first kappa shape index (κ1) is 12.5. The zero-order valence-electron chi connectivity index (χ0n) is 9.81. The summed E-state index contributed by atoms with van der Waals surface area (Å²) in [5.74, 6) is 0. The molecule has 0 aliphatic heterocycles. The monoisotopic (exact) mass is 229 g/mol. The van der Waals surface area contributed by atoms with Crippen molar-refractivity contribution in [3.8, 4) is 0 Å². The van der Waals surface area contributed by atoms with Gasteiger partial charge in [-0.2, -0.15) is 5.10 Å². The van der Waals surface area contributed by atoms with E-state index in [9.17, 15) is 0 Å². The molecular formula is C11H20ClN3. The predicted octanol–water partition coefficient (Wildman–Crippen LogP) is 2.41. The standard InChI is InChI=1S/C11H20ClN3/c1-4-13-8-6-7-10-11(12)9(3)14-15(10)5-2/h13H,4-8H2,1-3H3. The second kappa shape index (κ2) is 6.13. The van der Waals surface area contributed by atoms with Crippen LogP contribution in [-0.4, -0.2) is 22.9 Å². The number of aromatic nitrogens is 2. The average Bonchev–Trinajstić information content (AvgIpc) is 2.51. The Bertz CT molecular complexity index is 307. The van der Waals surface area contributed by atoms with Gasteiger partial charge in [0.2, 0.25) is 0 Å². The highest BCUT2D eigenvalue weighted by atomic mass is 35.5. The van der Waals surface area contributed by atoms with Gasteiger partial charge in [0, 0.05) is 6.54 Å². The zero-order chi connectivity index (χ0) is 11.3. The van der Waals surface area contributed by atoms with Crippen molar-refractivity contribution in [3.63, 3.8) is 0 Å². The van der Waals surface area contributed by atoms with E-state index >= 15 is 0 Å². The fourth-order valence-corrected chi connectivity index (χ4v) is 1.90. The Balaban J connectivity index is 2.58. The summed E-state index contributed by atoms with van der Waals surface area (Å²) < 4.78 is 2.00. The van der Waals surface area contributed by atoms with E-state index < -0.39 is 0 Å². The van der Waals surface area contributed by atoms with Crippen LogP contribution in [0.3, 0.4) is 0 Å². The van der Waals surface area contributed by atoms with Crippen LogP contribution >= 0.6 is 11.6 Å². The molecule has 1 rings (SSSR count). The molecule has 1 N–H and O–H groups in total. The maximum absolute atomic E-state index is 6.20. The van der Waals surface area contributed by atoms with Crippen LogP contribution in [0.5, 0.6) is 0 Å². The summed E-state index contributed by atoms with van der Waals surface area (Å²) >= 11 is 6.20. The van der Waals surface area contributed by atoms with Crippen molar-refractivity contribution in [2.24, 2.45) is 0 Å². The minimum atomic E-state index is 0.841. The lowest BCUT2D eigenvalue weighted by Gasteiger charge is -2.05. The molecular weight excluding hydrogens is 210 g/mol. The first-order chi connectivity index (χ1) is 7.20. The van der Waals surface area contributed by atoms with Crippen molar-refractivity contribution in [1.82, 2.24) is 15.1 Å². The lowest BCUT2D eigenvalue weighted by Crippen LogP contribution is -2.15. The second-order valence-electron chi connectivity index (χ2n) is 3.62. The third-order valence-electron chi connectivity index (χ3n) is 2.47. The molecule has 1 aromatic heterocycles. The molecule has 0 unspecified atom stereocenters. The molecule has 0 amide bonds. The first-order valence-corrected chi connectivity index (χ1v) is 6.01. The molecule has 0 atom stereocenters. The normalized spacial score (nSPS) is 10.9. The van der Waals surface area contributed by atoms with Gasteiger partial charge < -0.3 is 5.32 Å². The van der Waals surface area contributed by atoms with E-state index in [1.54, 1.807) is 0 Å². The van der Waals surface area contributed by atoms with E-state index in [-0.39, 0.29) is 0 Å². The molecule has 1 heterocycles.